The molecule has 2 aliphatic heterocycles. The van der Waals surface area contributed by atoms with Gasteiger partial charge in [-0.15, -0.1) is 0 Å². The molecule has 2 aliphatic rings. The normalized spacial score (nSPS) is 26.4. The van der Waals surface area contributed by atoms with E-state index < -0.39 is 151 Å². The second-order valence-corrected chi connectivity index (χ2v) is 19.4. The quantitative estimate of drug-likeness (QED) is 0.0577. The van der Waals surface area contributed by atoms with Crippen LogP contribution in [0.4, 0.5) is 0 Å². The summed E-state index contributed by atoms with van der Waals surface area (Å²) in [5.41, 5.74) is 24.0. The molecule has 3 unspecified atom stereocenters. The van der Waals surface area contributed by atoms with Gasteiger partial charge < -0.3 is 96.7 Å². The lowest BCUT2D eigenvalue weighted by Gasteiger charge is -2.28. The highest BCUT2D eigenvalue weighted by atomic mass is 16.3. The summed E-state index contributed by atoms with van der Waals surface area (Å²) >= 11 is 0. The van der Waals surface area contributed by atoms with Crippen molar-refractivity contribution >= 4 is 59.1 Å². The zero-order chi connectivity index (χ0) is 56.6. The average Bonchev–Trinajstić information content (AvgIpc) is 3.81. The summed E-state index contributed by atoms with van der Waals surface area (Å²) in [7, 11) is 0. The van der Waals surface area contributed by atoms with Crippen molar-refractivity contribution < 1.29 is 63.3 Å². The van der Waals surface area contributed by atoms with Crippen molar-refractivity contribution in [2.24, 2.45) is 28.9 Å². The second kappa shape index (κ2) is 32.2. The molecular weight excluding hydrogens is 995 g/mol. The fourth-order valence-corrected chi connectivity index (χ4v) is 8.35. The highest BCUT2D eigenvalue weighted by Gasteiger charge is 2.38. The molecule has 0 saturated carbocycles. The molecule has 10 amide bonds. The van der Waals surface area contributed by atoms with E-state index in [0.29, 0.717) is 5.56 Å². The summed E-state index contributed by atoms with van der Waals surface area (Å²) in [6.45, 7) is 5.05. The average molecular weight is 1080 g/mol. The van der Waals surface area contributed by atoms with E-state index in [-0.39, 0.29) is 83.6 Å². The summed E-state index contributed by atoms with van der Waals surface area (Å²) in [6, 6.07) is -5.64. The van der Waals surface area contributed by atoms with Crippen LogP contribution in [-0.4, -0.2) is 192 Å². The Hall–Kier alpha value is -6.40. The van der Waals surface area contributed by atoms with Crippen LogP contribution in [-0.2, 0) is 54.4 Å². The summed E-state index contributed by atoms with van der Waals surface area (Å²) in [5.74, 6) is -9.24. The predicted molar refractivity (Wildman–Crippen MR) is 275 cm³/mol. The maximum absolute atomic E-state index is 14.4. The molecule has 0 aliphatic carbocycles. The molecule has 28 heteroatoms. The molecule has 0 radical (unpaired) electrons. The van der Waals surface area contributed by atoms with E-state index in [2.05, 4.69) is 58.5 Å². The Morgan fingerprint density at radius 1 is 0.645 bits per heavy atom. The van der Waals surface area contributed by atoms with Crippen LogP contribution in [0.5, 0.6) is 0 Å². The third-order valence-electron chi connectivity index (χ3n) is 12.5. The molecule has 2 saturated heterocycles. The lowest BCUT2D eigenvalue weighted by atomic mass is 10.00. The Labute approximate surface area is 441 Å². The largest absolute Gasteiger partial charge is 0.392 e. The number of hydrogen-bond acceptors (Lipinski definition) is 18. The van der Waals surface area contributed by atoms with Gasteiger partial charge in [0.2, 0.25) is 59.1 Å². The number of nitrogens with one attached hydrogen (secondary N) is 11. The number of aliphatic hydroxyl groups excluding tert-OH is 3. The Balaban J connectivity index is 2.10. The van der Waals surface area contributed by atoms with E-state index in [4.69, 9.17) is 22.9 Å². The first kappa shape index (κ1) is 63.9. The molecule has 13 atom stereocenters. The van der Waals surface area contributed by atoms with Crippen molar-refractivity contribution in [2.75, 3.05) is 39.3 Å². The topological polar surface area (TPSA) is 468 Å². The number of hydrogen-bond donors (Lipinski definition) is 18. The van der Waals surface area contributed by atoms with Crippen LogP contribution in [0.1, 0.15) is 78.2 Å². The molecule has 0 bridgehead atoms. The number of nitrogens with two attached hydrogens (primary N) is 4. The first-order valence-corrected chi connectivity index (χ1v) is 25.7. The summed E-state index contributed by atoms with van der Waals surface area (Å²) < 4.78 is 0. The number of benzene rings is 1. The lowest BCUT2D eigenvalue weighted by Crippen LogP contribution is -2.61. The van der Waals surface area contributed by atoms with Crippen molar-refractivity contribution in [2.45, 2.75) is 158 Å². The van der Waals surface area contributed by atoms with Crippen molar-refractivity contribution in [1.82, 2.24) is 58.5 Å². The van der Waals surface area contributed by atoms with Gasteiger partial charge in [-0.25, -0.2) is 0 Å². The van der Waals surface area contributed by atoms with E-state index >= 15 is 0 Å². The molecule has 28 nitrogen and oxygen atoms in total. The molecule has 0 spiro atoms. The van der Waals surface area contributed by atoms with Crippen LogP contribution in [0.3, 0.4) is 0 Å². The van der Waals surface area contributed by atoms with E-state index in [9.17, 15) is 63.3 Å². The van der Waals surface area contributed by atoms with Crippen LogP contribution in [0.2, 0.25) is 0 Å². The van der Waals surface area contributed by atoms with Gasteiger partial charge in [-0.1, -0.05) is 44.2 Å². The monoisotopic (exact) mass is 1080 g/mol. The van der Waals surface area contributed by atoms with E-state index in [1.165, 1.54) is 13.8 Å². The zero-order valence-electron chi connectivity index (χ0n) is 43.6. The van der Waals surface area contributed by atoms with E-state index in [0.717, 1.165) is 0 Å². The Bertz CT molecular complexity index is 2120. The van der Waals surface area contributed by atoms with Crippen LogP contribution in [0.25, 0.3) is 0 Å². The molecule has 1 aromatic rings. The maximum Gasteiger partial charge on any atom is 0.245 e. The third kappa shape index (κ3) is 20.6. The van der Waals surface area contributed by atoms with Crippen LogP contribution in [0, 0.1) is 5.92 Å². The smallest absolute Gasteiger partial charge is 0.245 e. The van der Waals surface area contributed by atoms with Crippen LogP contribution in [0.15, 0.2) is 30.3 Å². The number of amides is 10. The van der Waals surface area contributed by atoms with Crippen LogP contribution < -0.4 is 81.4 Å². The lowest BCUT2D eigenvalue weighted by molar-refractivity contribution is -0.136. The molecule has 1 aromatic carbocycles. The van der Waals surface area contributed by atoms with Gasteiger partial charge in [0.15, 0.2) is 0 Å². The fourth-order valence-electron chi connectivity index (χ4n) is 8.35. The molecule has 76 heavy (non-hydrogen) atoms. The molecule has 2 fully saturated rings. The predicted octanol–water partition coefficient (Wildman–Crippen LogP) is -7.96. The molecule has 22 N–H and O–H groups in total. The van der Waals surface area contributed by atoms with Gasteiger partial charge in [0.1, 0.15) is 54.4 Å². The Kier molecular flexibility index (Phi) is 27.1. The Morgan fingerprint density at radius 3 is 1.66 bits per heavy atom. The number of rotatable bonds is 20. The number of β-amino-alcohol motifs (C(OH)–C–C–N with tert-alkyl or cyclic N) is 1. The van der Waals surface area contributed by atoms with Crippen molar-refractivity contribution in [3.05, 3.63) is 35.9 Å². The minimum Gasteiger partial charge on any atom is -0.392 e. The first-order chi connectivity index (χ1) is 36.0. The summed E-state index contributed by atoms with van der Waals surface area (Å²) in [5, 5.41) is 59.3. The summed E-state index contributed by atoms with van der Waals surface area (Å²) in [4.78, 5) is 139. The van der Waals surface area contributed by atoms with Crippen LogP contribution >= 0.6 is 0 Å². The minimum atomic E-state index is -1.67. The maximum atomic E-state index is 14.4. The number of carbonyl (C=O) groups is 10. The second-order valence-electron chi connectivity index (χ2n) is 19.4. The van der Waals surface area contributed by atoms with E-state index in [1.54, 1.807) is 44.2 Å². The number of carbonyl (C=O) groups excluding carboxylic acids is 10. The van der Waals surface area contributed by atoms with Crippen molar-refractivity contribution in [3.63, 3.8) is 0 Å². The summed E-state index contributed by atoms with van der Waals surface area (Å²) in [6.07, 6.45) is -5.06. The SMILES string of the molecule is CC(C)C[C@@H]1NC(=O)[C@@H](Cc2ccccc2)NC(=O)[C@H](CCN)NC(=O)[C@@H](NC(=O)[C@H](CCN)NC(=O)[C@@H](NC(=O)[C@@H]2C[C@@H](O)CN2)C(C)O)CCNC(=O)C(C(C)O)NC(=O)[C@H](CCN)NC(=O)[C@H](CCN)NC1=O. The van der Waals surface area contributed by atoms with Gasteiger partial charge in [0.05, 0.1) is 24.4 Å². The molecule has 0 aromatic heterocycles. The molecule has 426 valence electrons. The van der Waals surface area contributed by atoms with Gasteiger partial charge >= 0.3 is 0 Å². The van der Waals surface area contributed by atoms with Gasteiger partial charge in [-0.2, -0.15) is 0 Å². The first-order valence-electron chi connectivity index (χ1n) is 25.7. The van der Waals surface area contributed by atoms with Crippen molar-refractivity contribution in [3.8, 4) is 0 Å². The zero-order valence-corrected chi connectivity index (χ0v) is 43.6. The van der Waals surface area contributed by atoms with Gasteiger partial charge in [0, 0.05) is 19.5 Å². The van der Waals surface area contributed by atoms with E-state index in [1.807, 2.05) is 0 Å². The van der Waals surface area contributed by atoms with Gasteiger partial charge in [0.25, 0.3) is 0 Å². The van der Waals surface area contributed by atoms with Gasteiger partial charge in [-0.3, -0.25) is 47.9 Å². The molecule has 3 rings (SSSR count). The highest BCUT2D eigenvalue weighted by molar-refractivity contribution is 5.99. The number of aliphatic hydroxyl groups is 3. The third-order valence-corrected chi connectivity index (χ3v) is 12.5. The molecular formula is C48H81N15O13. The molecule has 2 heterocycles. The van der Waals surface area contributed by atoms with Crippen molar-refractivity contribution in [1.29, 1.82) is 0 Å². The fraction of sp³-hybridized carbons (Fsp3) is 0.667. The minimum absolute atomic E-state index is 0.0397. The standard InChI is InChI=1S/C48H81N15O13/c1-24(2)20-35-45(73)57-29(10-15-49)39(67)56-32(13-18-52)43(71)62-37(25(3)64)47(75)53-19-14-33(42(70)55-30(11-16-50)41(69)61-36(46(74)60-35)21-27-8-6-5-7-9-27)58-40(68)31(12-17-51)59-48(76)38(26(4)65)63-44(72)34-22-28(66)23-54-34/h5-9,24-26,28-38,54,64-66H,10-23,49-52H2,1-4H3,(H,53,75)(H,55,70)(H,56,67)(H,57,73)(H,58,68)(H,59,76)(H,60,74)(H,61,69)(H,62,71)(H,63,72)/t25?,26?,28-,29+,30+,31+,32+,33+,34+,35+,36-,37?,38+/m1/s1. The Morgan fingerprint density at radius 2 is 1.16 bits per heavy atom. The van der Waals surface area contributed by atoms with Gasteiger partial charge in [-0.05, 0) is 96.5 Å². The highest BCUT2D eigenvalue weighted by Crippen LogP contribution is 2.12.